The topological polar surface area (TPSA) is 0 Å². The van der Waals surface area contributed by atoms with Gasteiger partial charge >= 0.3 is 0 Å². The van der Waals surface area contributed by atoms with Gasteiger partial charge in [-0.2, -0.15) is 0 Å². The lowest BCUT2D eigenvalue weighted by Gasteiger charge is -2.06. The molecular weight excluding hydrogens is 240 g/mol. The lowest BCUT2D eigenvalue weighted by molar-refractivity contribution is 1.25. The normalized spacial score (nSPS) is 15.8. The van der Waals surface area contributed by atoms with Crippen molar-refractivity contribution >= 4 is 27.9 Å². The van der Waals surface area contributed by atoms with Gasteiger partial charge in [-0.05, 0) is 17.0 Å². The quantitative estimate of drug-likeness (QED) is 0.592. The molecule has 0 unspecified atom stereocenters. The Hall–Kier alpha value is -1.88. The van der Waals surface area contributed by atoms with Crippen LogP contribution in [0.5, 0.6) is 0 Å². The van der Waals surface area contributed by atoms with E-state index in [0.29, 0.717) is 0 Å². The van der Waals surface area contributed by atoms with E-state index in [2.05, 4.69) is 42.5 Å². The third-order valence-corrected chi connectivity index (χ3v) is 4.13. The van der Waals surface area contributed by atoms with Crippen LogP contribution in [0, 0.1) is 6.08 Å². The Kier molecular flexibility index (Phi) is 1.99. The molecule has 0 saturated heterocycles. The number of rotatable bonds is 0. The molecule has 0 bridgehead atoms. The third-order valence-electron chi connectivity index (χ3n) is 3.69. The predicted molar refractivity (Wildman–Crippen MR) is 76.5 cm³/mol. The van der Waals surface area contributed by atoms with E-state index >= 15 is 0 Å². The molecule has 0 aliphatic heterocycles. The highest BCUT2D eigenvalue weighted by molar-refractivity contribution is 6.37. The molecule has 2 aromatic rings. The van der Waals surface area contributed by atoms with Crippen LogP contribution in [-0.4, -0.2) is 0 Å². The summed E-state index contributed by atoms with van der Waals surface area (Å²) >= 11 is 6.57. The highest BCUT2D eigenvalue weighted by Crippen LogP contribution is 2.42. The van der Waals surface area contributed by atoms with E-state index in [1.807, 2.05) is 12.1 Å². The average molecular weight is 250 g/mol. The van der Waals surface area contributed by atoms with E-state index in [1.165, 1.54) is 27.7 Å². The van der Waals surface area contributed by atoms with Crippen LogP contribution in [0.1, 0.15) is 11.1 Å². The Morgan fingerprint density at radius 2 is 2.06 bits per heavy atom. The SMILES string of the molecule is Clc1c2c(cc3ccccc13)C1=C(C=[C+]C=C1)C2. The van der Waals surface area contributed by atoms with E-state index in [9.17, 15) is 0 Å². The van der Waals surface area contributed by atoms with Crippen LogP contribution < -0.4 is 0 Å². The first kappa shape index (κ1) is 10.1. The van der Waals surface area contributed by atoms with Gasteiger partial charge in [0.2, 0.25) is 0 Å². The Morgan fingerprint density at radius 1 is 1.17 bits per heavy atom. The summed E-state index contributed by atoms with van der Waals surface area (Å²) < 4.78 is 0. The van der Waals surface area contributed by atoms with Crippen molar-refractivity contribution in [3.63, 3.8) is 0 Å². The number of fused-ring (bicyclic) bond motifs is 3. The summed E-state index contributed by atoms with van der Waals surface area (Å²) in [6.45, 7) is 0. The second-order valence-electron chi connectivity index (χ2n) is 4.70. The highest BCUT2D eigenvalue weighted by atomic mass is 35.5. The molecule has 0 spiro atoms. The number of hydrogen-bond donors (Lipinski definition) is 0. The molecule has 18 heavy (non-hydrogen) atoms. The zero-order valence-electron chi connectivity index (χ0n) is 9.70. The Balaban J connectivity index is 2.08. The van der Waals surface area contributed by atoms with E-state index in [4.69, 9.17) is 11.6 Å². The smallest absolute Gasteiger partial charge is 0.0833 e. The van der Waals surface area contributed by atoms with Crippen molar-refractivity contribution in [2.24, 2.45) is 0 Å². The zero-order valence-corrected chi connectivity index (χ0v) is 10.5. The van der Waals surface area contributed by atoms with E-state index in [-0.39, 0.29) is 0 Å². The predicted octanol–water partition coefficient (Wildman–Crippen LogP) is 4.73. The van der Waals surface area contributed by atoms with Gasteiger partial charge in [-0.1, -0.05) is 35.9 Å². The van der Waals surface area contributed by atoms with Crippen LogP contribution in [-0.2, 0) is 6.42 Å². The summed E-state index contributed by atoms with van der Waals surface area (Å²) in [5, 5.41) is 3.26. The minimum absolute atomic E-state index is 0.902. The molecule has 1 heteroatoms. The van der Waals surface area contributed by atoms with Crippen molar-refractivity contribution in [1.82, 2.24) is 0 Å². The summed E-state index contributed by atoms with van der Waals surface area (Å²) in [5.41, 5.74) is 5.16. The van der Waals surface area contributed by atoms with Crippen LogP contribution in [0.2, 0.25) is 5.02 Å². The van der Waals surface area contributed by atoms with Gasteiger partial charge in [-0.15, -0.1) is 0 Å². The molecule has 0 heterocycles. The van der Waals surface area contributed by atoms with Gasteiger partial charge in [0.05, 0.1) is 22.2 Å². The minimum atomic E-state index is 0.902. The van der Waals surface area contributed by atoms with Gasteiger partial charge in [0.25, 0.3) is 0 Å². The first-order valence-electron chi connectivity index (χ1n) is 6.04. The fourth-order valence-electron chi connectivity index (χ4n) is 2.82. The molecule has 2 aromatic carbocycles. The van der Waals surface area contributed by atoms with Crippen LogP contribution >= 0.6 is 11.6 Å². The summed E-state index contributed by atoms with van der Waals surface area (Å²) in [6, 6.07) is 10.6. The third kappa shape index (κ3) is 1.25. The standard InChI is InChI=1S/C17H10Cl/c18-17-14-8-4-2-6-12(14)9-15-13-7-3-1-5-11(13)10-16(15)17/h2-9H,10H2/q+1. The molecule has 0 saturated carbocycles. The largest absolute Gasteiger partial charge is 0.107 e. The highest BCUT2D eigenvalue weighted by Gasteiger charge is 2.28. The van der Waals surface area contributed by atoms with Crippen molar-refractivity contribution in [2.45, 2.75) is 6.42 Å². The average Bonchev–Trinajstić information content (AvgIpc) is 2.79. The lowest BCUT2D eigenvalue weighted by atomic mass is 9.99. The fourth-order valence-corrected chi connectivity index (χ4v) is 3.16. The Morgan fingerprint density at radius 3 is 3.00 bits per heavy atom. The minimum Gasteiger partial charge on any atom is -0.0833 e. The molecule has 84 valence electrons. The molecule has 2 aliphatic carbocycles. The number of allylic oxidation sites excluding steroid dienone is 6. The second-order valence-corrected chi connectivity index (χ2v) is 5.08. The van der Waals surface area contributed by atoms with Gasteiger partial charge in [0, 0.05) is 23.4 Å². The summed E-state index contributed by atoms with van der Waals surface area (Å²) in [4.78, 5) is 0. The van der Waals surface area contributed by atoms with Crippen molar-refractivity contribution < 1.29 is 0 Å². The molecule has 0 nitrogen and oxygen atoms in total. The molecule has 0 aromatic heterocycles. The van der Waals surface area contributed by atoms with E-state index < -0.39 is 0 Å². The maximum absolute atomic E-state index is 6.57. The number of benzene rings is 2. The van der Waals surface area contributed by atoms with Gasteiger partial charge in [0.1, 0.15) is 12.2 Å². The second kappa shape index (κ2) is 3.55. The summed E-state index contributed by atoms with van der Waals surface area (Å²) in [7, 11) is 0. The molecule has 0 fully saturated rings. The number of hydrogen-bond acceptors (Lipinski definition) is 0. The maximum Gasteiger partial charge on any atom is 0.107 e. The molecule has 0 radical (unpaired) electrons. The van der Waals surface area contributed by atoms with E-state index in [1.54, 1.807) is 0 Å². The first-order chi connectivity index (χ1) is 8.84. The Bertz CT molecular complexity index is 761. The molecule has 0 atom stereocenters. The van der Waals surface area contributed by atoms with Crippen LogP contribution in [0.4, 0.5) is 0 Å². The molecule has 0 amide bonds. The summed E-state index contributed by atoms with van der Waals surface area (Å²) in [5.74, 6) is 0. The van der Waals surface area contributed by atoms with Gasteiger partial charge in [-0.25, -0.2) is 0 Å². The van der Waals surface area contributed by atoms with Crippen molar-refractivity contribution in [3.8, 4) is 0 Å². The van der Waals surface area contributed by atoms with E-state index in [0.717, 1.165) is 16.8 Å². The van der Waals surface area contributed by atoms with Crippen LogP contribution in [0.3, 0.4) is 0 Å². The molecule has 2 aliphatic rings. The van der Waals surface area contributed by atoms with Crippen LogP contribution in [0.25, 0.3) is 16.3 Å². The van der Waals surface area contributed by atoms with Crippen molar-refractivity contribution in [3.05, 3.63) is 76.4 Å². The maximum atomic E-state index is 6.57. The fraction of sp³-hybridized carbons (Fsp3) is 0.0588. The molecular formula is C17H10Cl+. The zero-order chi connectivity index (χ0) is 12.1. The molecule has 4 rings (SSSR count). The van der Waals surface area contributed by atoms with Crippen molar-refractivity contribution in [2.75, 3.05) is 0 Å². The lowest BCUT2D eigenvalue weighted by Crippen LogP contribution is -1.87. The van der Waals surface area contributed by atoms with Gasteiger partial charge < -0.3 is 0 Å². The van der Waals surface area contributed by atoms with Gasteiger partial charge in [-0.3, -0.25) is 0 Å². The summed E-state index contributed by atoms with van der Waals surface area (Å²) in [6.07, 6.45) is 10.2. The van der Waals surface area contributed by atoms with Gasteiger partial charge in [0.15, 0.2) is 0 Å². The van der Waals surface area contributed by atoms with Crippen LogP contribution in [0.15, 0.2) is 54.1 Å². The molecule has 0 N–H and O–H groups in total. The number of halogens is 1. The van der Waals surface area contributed by atoms with Crippen molar-refractivity contribution in [1.29, 1.82) is 0 Å². The first-order valence-corrected chi connectivity index (χ1v) is 6.42. The monoisotopic (exact) mass is 249 g/mol. The Labute approximate surface area is 111 Å².